The number of nitrogens with two attached hydrogens (primary N) is 1. The van der Waals surface area contributed by atoms with Crippen LogP contribution in [0.25, 0.3) is 0 Å². The molecule has 0 saturated carbocycles. The number of hydrazone groups is 1. The first kappa shape index (κ1) is 15.2. The normalized spacial score (nSPS) is 10.4. The summed E-state index contributed by atoms with van der Waals surface area (Å²) < 4.78 is 5.30. The van der Waals surface area contributed by atoms with E-state index in [-0.39, 0.29) is 0 Å². The van der Waals surface area contributed by atoms with E-state index in [1.807, 2.05) is 19.1 Å². The fraction of sp³-hybridized carbons (Fsp3) is 0.0625. The second-order valence-corrected chi connectivity index (χ2v) is 4.56. The van der Waals surface area contributed by atoms with E-state index in [9.17, 15) is 9.59 Å². The zero-order valence-electron chi connectivity index (χ0n) is 11.9. The quantitative estimate of drug-likeness (QED) is 0.392. The van der Waals surface area contributed by atoms with E-state index >= 15 is 0 Å². The predicted molar refractivity (Wildman–Crippen MR) is 82.9 cm³/mol. The van der Waals surface area contributed by atoms with Crippen LogP contribution in [-0.4, -0.2) is 18.2 Å². The summed E-state index contributed by atoms with van der Waals surface area (Å²) in [5, 5.41) is 3.64. The van der Waals surface area contributed by atoms with E-state index in [1.165, 1.54) is 6.21 Å². The molecule has 0 fully saturated rings. The highest BCUT2D eigenvalue weighted by Gasteiger charge is 2.08. The molecule has 2 aromatic rings. The van der Waals surface area contributed by atoms with Crippen molar-refractivity contribution in [1.82, 2.24) is 5.43 Å². The van der Waals surface area contributed by atoms with E-state index in [0.717, 1.165) is 5.56 Å². The smallest absolute Gasteiger partial charge is 0.343 e. The standard InChI is InChI=1S/C16H15N3O3/c1-11-5-7-13(8-6-11)15(20)22-14-4-2-3-12(9-14)10-18-19-16(17)21/h2-10H,1H3,(H3,17,19,21)/b18-10+. The van der Waals surface area contributed by atoms with E-state index in [2.05, 4.69) is 10.5 Å². The molecule has 0 saturated heterocycles. The molecule has 0 unspecified atom stereocenters. The number of carbonyl (C=O) groups is 2. The Morgan fingerprint density at radius 3 is 2.59 bits per heavy atom. The van der Waals surface area contributed by atoms with Crippen molar-refractivity contribution >= 4 is 18.2 Å². The SMILES string of the molecule is Cc1ccc(C(=O)Oc2cccc(/C=N/NC(N)=O)c2)cc1. The number of benzene rings is 2. The molecule has 0 aromatic heterocycles. The van der Waals surface area contributed by atoms with Crippen molar-refractivity contribution in [2.45, 2.75) is 6.92 Å². The van der Waals surface area contributed by atoms with Crippen LogP contribution in [-0.2, 0) is 0 Å². The van der Waals surface area contributed by atoms with Gasteiger partial charge in [-0.25, -0.2) is 15.0 Å². The predicted octanol–water partition coefficient (Wildman–Crippen LogP) is 2.22. The third-order valence-corrected chi connectivity index (χ3v) is 2.74. The fourth-order valence-electron chi connectivity index (χ4n) is 1.68. The van der Waals surface area contributed by atoms with Gasteiger partial charge in [-0.15, -0.1) is 0 Å². The van der Waals surface area contributed by atoms with Gasteiger partial charge in [0.1, 0.15) is 5.75 Å². The average Bonchev–Trinajstić information content (AvgIpc) is 2.48. The van der Waals surface area contributed by atoms with Gasteiger partial charge in [0, 0.05) is 0 Å². The Balaban J connectivity index is 2.06. The van der Waals surface area contributed by atoms with Gasteiger partial charge in [0.25, 0.3) is 0 Å². The van der Waals surface area contributed by atoms with Gasteiger partial charge in [0.2, 0.25) is 0 Å². The van der Waals surface area contributed by atoms with Crippen LogP contribution >= 0.6 is 0 Å². The molecule has 0 radical (unpaired) electrons. The first-order valence-electron chi connectivity index (χ1n) is 6.52. The Kier molecular flexibility index (Phi) is 4.87. The van der Waals surface area contributed by atoms with Crippen LogP contribution in [0.4, 0.5) is 4.79 Å². The summed E-state index contributed by atoms with van der Waals surface area (Å²) in [6.07, 6.45) is 1.40. The van der Waals surface area contributed by atoms with Crippen LogP contribution in [0, 0.1) is 6.92 Å². The largest absolute Gasteiger partial charge is 0.423 e. The third-order valence-electron chi connectivity index (χ3n) is 2.74. The minimum atomic E-state index is -0.752. The van der Waals surface area contributed by atoms with Gasteiger partial charge in [0.15, 0.2) is 0 Å². The number of urea groups is 1. The number of rotatable bonds is 4. The second-order valence-electron chi connectivity index (χ2n) is 4.56. The van der Waals surface area contributed by atoms with Crippen molar-refractivity contribution in [3.8, 4) is 5.75 Å². The maximum absolute atomic E-state index is 12.0. The minimum absolute atomic E-state index is 0.383. The van der Waals surface area contributed by atoms with Crippen LogP contribution in [0.15, 0.2) is 53.6 Å². The summed E-state index contributed by atoms with van der Waals surface area (Å²) in [6, 6.07) is 13.1. The molecule has 2 amide bonds. The molecule has 22 heavy (non-hydrogen) atoms. The lowest BCUT2D eigenvalue weighted by atomic mass is 10.1. The number of carbonyl (C=O) groups excluding carboxylic acids is 2. The molecule has 0 aliphatic carbocycles. The molecule has 0 bridgehead atoms. The number of amides is 2. The van der Waals surface area contributed by atoms with E-state index in [1.54, 1.807) is 36.4 Å². The Morgan fingerprint density at radius 1 is 1.18 bits per heavy atom. The van der Waals surface area contributed by atoms with Crippen molar-refractivity contribution in [2.75, 3.05) is 0 Å². The molecule has 0 aliphatic rings. The maximum atomic E-state index is 12.0. The van der Waals surface area contributed by atoms with Crippen LogP contribution in [0.1, 0.15) is 21.5 Å². The van der Waals surface area contributed by atoms with E-state index < -0.39 is 12.0 Å². The molecule has 3 N–H and O–H groups in total. The zero-order valence-corrected chi connectivity index (χ0v) is 11.9. The summed E-state index contributed by atoms with van der Waals surface area (Å²) in [6.45, 7) is 1.94. The summed E-state index contributed by atoms with van der Waals surface area (Å²) >= 11 is 0. The van der Waals surface area contributed by atoms with Gasteiger partial charge in [-0.05, 0) is 36.8 Å². The molecular weight excluding hydrogens is 282 g/mol. The first-order chi connectivity index (χ1) is 10.5. The van der Waals surface area contributed by atoms with E-state index in [0.29, 0.717) is 16.9 Å². The number of nitrogens with zero attached hydrogens (tertiary/aromatic N) is 1. The van der Waals surface area contributed by atoms with Crippen LogP contribution in [0.3, 0.4) is 0 Å². The summed E-state index contributed by atoms with van der Waals surface area (Å²) in [5.41, 5.74) is 9.17. The lowest BCUT2D eigenvalue weighted by Crippen LogP contribution is -2.24. The Hall–Kier alpha value is -3.15. The van der Waals surface area contributed by atoms with Crippen molar-refractivity contribution in [3.63, 3.8) is 0 Å². The van der Waals surface area contributed by atoms with Crippen molar-refractivity contribution < 1.29 is 14.3 Å². The van der Waals surface area contributed by atoms with Gasteiger partial charge in [-0.2, -0.15) is 5.10 Å². The van der Waals surface area contributed by atoms with Gasteiger partial charge < -0.3 is 10.5 Å². The Morgan fingerprint density at radius 2 is 1.91 bits per heavy atom. The Bertz CT molecular complexity index is 709. The number of hydrogen-bond acceptors (Lipinski definition) is 4. The number of nitrogens with one attached hydrogen (secondary N) is 1. The van der Waals surface area contributed by atoms with Crippen molar-refractivity contribution in [3.05, 3.63) is 65.2 Å². The second kappa shape index (κ2) is 7.03. The zero-order chi connectivity index (χ0) is 15.9. The topological polar surface area (TPSA) is 93.8 Å². The number of esters is 1. The van der Waals surface area contributed by atoms with Gasteiger partial charge in [-0.3, -0.25) is 0 Å². The van der Waals surface area contributed by atoms with Gasteiger partial charge >= 0.3 is 12.0 Å². The highest BCUT2D eigenvalue weighted by atomic mass is 16.5. The molecular formula is C16H15N3O3. The molecule has 112 valence electrons. The highest BCUT2D eigenvalue weighted by Crippen LogP contribution is 2.14. The summed E-state index contributed by atoms with van der Waals surface area (Å²) in [7, 11) is 0. The molecule has 2 rings (SSSR count). The van der Waals surface area contributed by atoms with Crippen LogP contribution in [0.5, 0.6) is 5.75 Å². The van der Waals surface area contributed by atoms with Gasteiger partial charge in [0.05, 0.1) is 11.8 Å². The monoisotopic (exact) mass is 297 g/mol. The van der Waals surface area contributed by atoms with Crippen LogP contribution in [0.2, 0.25) is 0 Å². The molecule has 0 heterocycles. The summed E-state index contributed by atoms with van der Waals surface area (Å²) in [5.74, 6) is -0.0575. The first-order valence-corrected chi connectivity index (χ1v) is 6.52. The van der Waals surface area contributed by atoms with E-state index in [4.69, 9.17) is 10.5 Å². The lowest BCUT2D eigenvalue weighted by molar-refractivity contribution is 0.0734. The molecule has 0 spiro atoms. The lowest BCUT2D eigenvalue weighted by Gasteiger charge is -2.05. The third kappa shape index (κ3) is 4.45. The Labute approximate surface area is 127 Å². The number of aryl methyl sites for hydroxylation is 1. The molecule has 2 aromatic carbocycles. The van der Waals surface area contributed by atoms with Gasteiger partial charge in [-0.1, -0.05) is 29.8 Å². The molecule has 6 nitrogen and oxygen atoms in total. The average molecular weight is 297 g/mol. The number of primary amides is 1. The number of hydrogen-bond donors (Lipinski definition) is 2. The van der Waals surface area contributed by atoms with Crippen molar-refractivity contribution in [2.24, 2.45) is 10.8 Å². The fourth-order valence-corrected chi connectivity index (χ4v) is 1.68. The molecule has 0 aliphatic heterocycles. The maximum Gasteiger partial charge on any atom is 0.343 e. The molecule has 6 heteroatoms. The van der Waals surface area contributed by atoms with Crippen molar-refractivity contribution in [1.29, 1.82) is 0 Å². The molecule has 0 atom stereocenters. The van der Waals surface area contributed by atoms with Crippen LogP contribution < -0.4 is 15.9 Å². The minimum Gasteiger partial charge on any atom is -0.423 e. The number of ether oxygens (including phenoxy) is 1. The summed E-state index contributed by atoms with van der Waals surface area (Å²) in [4.78, 5) is 22.5. The highest BCUT2D eigenvalue weighted by molar-refractivity contribution is 5.91.